The van der Waals surface area contributed by atoms with Crippen LogP contribution in [-0.2, 0) is 0 Å². The van der Waals surface area contributed by atoms with Crippen molar-refractivity contribution in [3.05, 3.63) is 84.6 Å². The Morgan fingerprint density at radius 3 is 2.68 bits per heavy atom. The van der Waals surface area contributed by atoms with Crippen LogP contribution < -0.4 is 0 Å². The summed E-state index contributed by atoms with van der Waals surface area (Å²) < 4.78 is 14.4. The molecule has 136 valence electrons. The maximum absolute atomic E-state index is 14.4. The largest absolute Gasteiger partial charge is 0.308 e. The van der Waals surface area contributed by atoms with Gasteiger partial charge in [-0.3, -0.25) is 4.98 Å². The Morgan fingerprint density at radius 1 is 1.04 bits per heavy atom. The van der Waals surface area contributed by atoms with Crippen molar-refractivity contribution in [3.63, 3.8) is 0 Å². The van der Waals surface area contributed by atoms with Gasteiger partial charge in [0.25, 0.3) is 0 Å². The molecule has 0 spiro atoms. The molecular weight excluding hydrogens is 351 g/mol. The van der Waals surface area contributed by atoms with Gasteiger partial charge in [-0.05, 0) is 54.5 Å². The molecule has 0 aliphatic rings. The first kappa shape index (κ1) is 17.7. The molecule has 0 aliphatic carbocycles. The molecule has 0 saturated carbocycles. The molecule has 5 heteroatoms. The second-order valence-corrected chi connectivity index (χ2v) is 6.26. The quantitative estimate of drug-likeness (QED) is 0.480. The first-order valence-electron chi connectivity index (χ1n) is 8.84. The average Bonchev–Trinajstić information content (AvgIpc) is 2.74. The Morgan fingerprint density at radius 2 is 1.89 bits per heavy atom. The summed E-state index contributed by atoms with van der Waals surface area (Å²) in [5.41, 5.74) is 4.83. The van der Waals surface area contributed by atoms with Crippen molar-refractivity contribution in [2.75, 3.05) is 0 Å². The number of allylic oxidation sites excluding steroid dienone is 2. The predicted molar refractivity (Wildman–Crippen MR) is 111 cm³/mol. The van der Waals surface area contributed by atoms with Gasteiger partial charge in [0.2, 0.25) is 0 Å². The van der Waals surface area contributed by atoms with E-state index in [1.807, 2.05) is 37.3 Å². The van der Waals surface area contributed by atoms with Crippen LogP contribution in [0.5, 0.6) is 0 Å². The molecule has 3 aromatic heterocycles. The lowest BCUT2D eigenvalue weighted by molar-refractivity contribution is 0.631. The van der Waals surface area contributed by atoms with E-state index in [1.54, 1.807) is 36.8 Å². The molecule has 3 heterocycles. The fourth-order valence-corrected chi connectivity index (χ4v) is 3.18. The van der Waals surface area contributed by atoms with Gasteiger partial charge < -0.3 is 5.41 Å². The maximum atomic E-state index is 14.4. The molecule has 28 heavy (non-hydrogen) atoms. The summed E-state index contributed by atoms with van der Waals surface area (Å²) in [6.07, 6.45) is 8.32. The second-order valence-electron chi connectivity index (χ2n) is 6.26. The zero-order valence-corrected chi connectivity index (χ0v) is 15.2. The van der Waals surface area contributed by atoms with E-state index < -0.39 is 0 Å². The fourth-order valence-electron chi connectivity index (χ4n) is 3.18. The van der Waals surface area contributed by atoms with E-state index in [-0.39, 0.29) is 5.82 Å². The number of halogens is 1. The molecule has 0 saturated heterocycles. The van der Waals surface area contributed by atoms with Gasteiger partial charge in [0, 0.05) is 46.9 Å². The first-order valence-corrected chi connectivity index (χ1v) is 8.84. The minimum atomic E-state index is -0.330. The SMILES string of the molecule is C/C=C(\C=N)c1cncc(-c2cc(-c3ccccc3F)nc3ncccc23)c1. The van der Waals surface area contributed by atoms with Gasteiger partial charge in [0.05, 0.1) is 5.69 Å². The van der Waals surface area contributed by atoms with Crippen molar-refractivity contribution >= 4 is 22.8 Å². The van der Waals surface area contributed by atoms with Crippen molar-refractivity contribution in [2.24, 2.45) is 0 Å². The van der Waals surface area contributed by atoms with Crippen LogP contribution >= 0.6 is 0 Å². The summed E-state index contributed by atoms with van der Waals surface area (Å²) >= 11 is 0. The molecule has 4 nitrogen and oxygen atoms in total. The zero-order valence-electron chi connectivity index (χ0n) is 15.2. The smallest absolute Gasteiger partial charge is 0.160 e. The van der Waals surface area contributed by atoms with Crippen LogP contribution in [-0.4, -0.2) is 21.2 Å². The Kier molecular flexibility index (Phi) is 4.72. The minimum absolute atomic E-state index is 0.330. The Labute approximate surface area is 162 Å². The van der Waals surface area contributed by atoms with E-state index >= 15 is 0 Å². The number of benzene rings is 1. The van der Waals surface area contributed by atoms with Gasteiger partial charge in [-0.15, -0.1) is 0 Å². The van der Waals surface area contributed by atoms with E-state index in [2.05, 4.69) is 15.0 Å². The molecule has 4 rings (SSSR count). The molecular formula is C23H17FN4. The number of rotatable bonds is 4. The molecule has 0 unspecified atom stereocenters. The number of pyridine rings is 3. The summed E-state index contributed by atoms with van der Waals surface area (Å²) in [6.45, 7) is 1.88. The van der Waals surface area contributed by atoms with E-state index in [1.165, 1.54) is 12.3 Å². The minimum Gasteiger partial charge on any atom is -0.308 e. The predicted octanol–water partition coefficient (Wildman–Crippen LogP) is 5.55. The van der Waals surface area contributed by atoms with Crippen molar-refractivity contribution in [1.82, 2.24) is 15.0 Å². The third kappa shape index (κ3) is 3.18. The number of hydrogen-bond donors (Lipinski definition) is 1. The molecule has 0 radical (unpaired) electrons. The lowest BCUT2D eigenvalue weighted by atomic mass is 9.98. The second kappa shape index (κ2) is 7.48. The van der Waals surface area contributed by atoms with E-state index in [9.17, 15) is 4.39 Å². The van der Waals surface area contributed by atoms with Gasteiger partial charge in [0.1, 0.15) is 5.82 Å². The number of nitrogens with one attached hydrogen (secondary N) is 1. The monoisotopic (exact) mass is 368 g/mol. The molecule has 0 atom stereocenters. The summed E-state index contributed by atoms with van der Waals surface area (Å²) in [5, 5.41) is 8.45. The van der Waals surface area contributed by atoms with E-state index in [0.29, 0.717) is 16.9 Å². The van der Waals surface area contributed by atoms with Crippen LogP contribution in [0.4, 0.5) is 4.39 Å². The highest BCUT2D eigenvalue weighted by Gasteiger charge is 2.13. The lowest BCUT2D eigenvalue weighted by Gasteiger charge is -2.11. The number of hydrogen-bond acceptors (Lipinski definition) is 4. The van der Waals surface area contributed by atoms with Crippen molar-refractivity contribution in [1.29, 1.82) is 5.41 Å². The topological polar surface area (TPSA) is 62.5 Å². The molecule has 0 bridgehead atoms. The van der Waals surface area contributed by atoms with Gasteiger partial charge in [-0.25, -0.2) is 14.4 Å². The van der Waals surface area contributed by atoms with Crippen molar-refractivity contribution in [3.8, 4) is 22.4 Å². The van der Waals surface area contributed by atoms with Crippen molar-refractivity contribution < 1.29 is 4.39 Å². The van der Waals surface area contributed by atoms with Crippen LogP contribution in [0.3, 0.4) is 0 Å². The van der Waals surface area contributed by atoms with Gasteiger partial charge >= 0.3 is 0 Å². The van der Waals surface area contributed by atoms with Gasteiger partial charge in [-0.1, -0.05) is 18.2 Å². The van der Waals surface area contributed by atoms with Gasteiger partial charge in [-0.2, -0.15) is 0 Å². The molecule has 0 fully saturated rings. The van der Waals surface area contributed by atoms with Gasteiger partial charge in [0.15, 0.2) is 5.65 Å². The van der Waals surface area contributed by atoms with Crippen LogP contribution in [0.15, 0.2) is 73.2 Å². The van der Waals surface area contributed by atoms with Crippen LogP contribution in [0.2, 0.25) is 0 Å². The van der Waals surface area contributed by atoms with Crippen molar-refractivity contribution in [2.45, 2.75) is 6.92 Å². The first-order chi connectivity index (χ1) is 13.7. The zero-order chi connectivity index (χ0) is 19.5. The third-order valence-electron chi connectivity index (χ3n) is 4.58. The number of fused-ring (bicyclic) bond motifs is 1. The Bertz CT molecular complexity index is 1210. The highest BCUT2D eigenvalue weighted by molar-refractivity contribution is 6.08. The van der Waals surface area contributed by atoms with E-state index in [4.69, 9.17) is 5.41 Å². The Hall–Kier alpha value is -3.73. The fraction of sp³-hybridized carbons (Fsp3) is 0.0435. The molecule has 1 aromatic carbocycles. The third-order valence-corrected chi connectivity index (χ3v) is 4.58. The lowest BCUT2D eigenvalue weighted by Crippen LogP contribution is -1.95. The molecule has 4 aromatic rings. The number of nitrogens with zero attached hydrogens (tertiary/aromatic N) is 3. The van der Waals surface area contributed by atoms with Crippen LogP contribution in [0.25, 0.3) is 39.0 Å². The van der Waals surface area contributed by atoms with Crippen LogP contribution in [0, 0.1) is 11.2 Å². The molecule has 0 aliphatic heterocycles. The number of aromatic nitrogens is 3. The summed E-state index contributed by atoms with van der Waals surface area (Å²) in [6, 6.07) is 14.2. The maximum Gasteiger partial charge on any atom is 0.160 e. The molecule has 0 amide bonds. The Balaban J connectivity index is 1.98. The summed E-state index contributed by atoms with van der Waals surface area (Å²) in [7, 11) is 0. The summed E-state index contributed by atoms with van der Waals surface area (Å²) in [4.78, 5) is 13.3. The van der Waals surface area contributed by atoms with E-state index in [0.717, 1.165) is 27.6 Å². The van der Waals surface area contributed by atoms with Crippen LogP contribution in [0.1, 0.15) is 12.5 Å². The highest BCUT2D eigenvalue weighted by atomic mass is 19.1. The standard InChI is InChI=1S/C23H17FN4/c1-2-15(12-25)16-10-17(14-26-13-16)20-11-22(19-6-3-4-8-21(19)24)28-23-18(20)7-5-9-27-23/h2-14,25H,1H3/b15-2+,25-12?. The summed E-state index contributed by atoms with van der Waals surface area (Å²) in [5.74, 6) is -0.330. The average molecular weight is 368 g/mol. The highest BCUT2D eigenvalue weighted by Crippen LogP contribution is 2.32. The molecule has 1 N–H and O–H groups in total. The normalized spacial score (nSPS) is 11.6.